The lowest BCUT2D eigenvalue weighted by molar-refractivity contribution is -0.142. The number of benzene rings is 2. The van der Waals surface area contributed by atoms with Gasteiger partial charge in [-0.15, -0.1) is 0 Å². The van der Waals surface area contributed by atoms with Crippen LogP contribution < -0.4 is 15.4 Å². The number of carbonyl (C=O) groups excluding carboxylic acids is 3. The van der Waals surface area contributed by atoms with E-state index in [1.54, 1.807) is 12.0 Å². The van der Waals surface area contributed by atoms with Crippen molar-refractivity contribution in [3.05, 3.63) is 71.8 Å². The van der Waals surface area contributed by atoms with Gasteiger partial charge < -0.3 is 25.0 Å². The molecule has 216 valence electrons. The first-order valence-corrected chi connectivity index (χ1v) is 14.7. The van der Waals surface area contributed by atoms with Gasteiger partial charge in [0.2, 0.25) is 17.7 Å². The molecular formula is C33H39N3O5. The molecule has 8 nitrogen and oxygen atoms in total. The Hall–Kier alpha value is -3.65. The van der Waals surface area contributed by atoms with Crippen molar-refractivity contribution in [2.75, 3.05) is 12.4 Å². The van der Waals surface area contributed by atoms with Crippen LogP contribution in [-0.2, 0) is 25.7 Å². The van der Waals surface area contributed by atoms with Crippen LogP contribution in [0.15, 0.2) is 60.7 Å². The van der Waals surface area contributed by atoms with Crippen molar-refractivity contribution >= 4 is 23.4 Å². The number of fused-ring (bicyclic) bond motifs is 1. The van der Waals surface area contributed by atoms with Gasteiger partial charge in [0.1, 0.15) is 17.4 Å². The van der Waals surface area contributed by atoms with Crippen LogP contribution in [-0.4, -0.2) is 53.5 Å². The van der Waals surface area contributed by atoms with Crippen molar-refractivity contribution in [1.29, 1.82) is 0 Å². The molecule has 2 aromatic rings. The molecule has 1 spiro atoms. The Bertz CT molecular complexity index is 1390. The van der Waals surface area contributed by atoms with Crippen molar-refractivity contribution in [3.63, 3.8) is 0 Å². The van der Waals surface area contributed by atoms with Gasteiger partial charge in [-0.05, 0) is 60.6 Å². The fraction of sp³-hybridized carbons (Fsp3) is 0.485. The van der Waals surface area contributed by atoms with Crippen molar-refractivity contribution in [3.8, 4) is 5.75 Å². The van der Waals surface area contributed by atoms with Gasteiger partial charge in [0.05, 0.1) is 25.0 Å². The average Bonchev–Trinajstić information content (AvgIpc) is 3.59. The van der Waals surface area contributed by atoms with E-state index < -0.39 is 29.6 Å². The number of anilines is 1. The molecule has 3 amide bonds. The second-order valence-corrected chi connectivity index (χ2v) is 12.3. The molecule has 1 aliphatic carbocycles. The molecule has 0 aromatic heterocycles. The Labute approximate surface area is 241 Å². The molecule has 1 saturated carbocycles. The molecule has 8 heteroatoms. The predicted molar refractivity (Wildman–Crippen MR) is 155 cm³/mol. The first-order valence-electron chi connectivity index (χ1n) is 14.7. The number of rotatable bonds is 7. The molecule has 2 aromatic carbocycles. The lowest BCUT2D eigenvalue weighted by Gasteiger charge is -2.38. The highest BCUT2D eigenvalue weighted by molar-refractivity contribution is 6.02. The fourth-order valence-corrected chi connectivity index (χ4v) is 7.40. The summed E-state index contributed by atoms with van der Waals surface area (Å²) in [7, 11) is 1.60. The number of ether oxygens (including phenoxy) is 2. The van der Waals surface area contributed by atoms with E-state index in [0.717, 1.165) is 30.4 Å². The minimum Gasteiger partial charge on any atom is -0.497 e. The zero-order valence-corrected chi connectivity index (χ0v) is 24.1. The van der Waals surface area contributed by atoms with Crippen LogP contribution in [0.2, 0.25) is 0 Å². The number of nitrogens with one attached hydrogen (secondary N) is 2. The number of aryl methyl sites for hydroxylation is 1. The molecule has 8 atom stereocenters. The summed E-state index contributed by atoms with van der Waals surface area (Å²) in [6.07, 6.45) is 6.25. The van der Waals surface area contributed by atoms with E-state index in [1.165, 1.54) is 0 Å². The lowest BCUT2D eigenvalue weighted by atomic mass is 9.73. The second kappa shape index (κ2) is 10.6. The van der Waals surface area contributed by atoms with Gasteiger partial charge in [-0.25, -0.2) is 0 Å². The maximum absolute atomic E-state index is 14.3. The number of hydrogen-bond donors (Lipinski definition) is 2. The summed E-state index contributed by atoms with van der Waals surface area (Å²) in [5.41, 5.74) is 1.32. The number of likely N-dealkylation sites (tertiary alicyclic amines) is 1. The highest BCUT2D eigenvalue weighted by atomic mass is 16.5. The Morgan fingerprint density at radius 3 is 2.68 bits per heavy atom. The van der Waals surface area contributed by atoms with Gasteiger partial charge in [0, 0.05) is 18.3 Å². The Kier molecular flexibility index (Phi) is 7.14. The molecule has 2 bridgehead atoms. The smallest absolute Gasteiger partial charge is 0.246 e. The minimum atomic E-state index is -1.21. The molecule has 6 rings (SSSR count). The first kappa shape index (κ1) is 27.5. The Morgan fingerprint density at radius 2 is 1.90 bits per heavy atom. The molecule has 3 aliphatic heterocycles. The Balaban J connectivity index is 1.34. The van der Waals surface area contributed by atoms with Gasteiger partial charge in [0.25, 0.3) is 0 Å². The van der Waals surface area contributed by atoms with E-state index >= 15 is 0 Å². The zero-order valence-electron chi connectivity index (χ0n) is 24.1. The molecule has 41 heavy (non-hydrogen) atoms. The Morgan fingerprint density at radius 1 is 1.10 bits per heavy atom. The predicted octanol–water partition coefficient (Wildman–Crippen LogP) is 4.23. The van der Waals surface area contributed by atoms with Crippen LogP contribution >= 0.6 is 0 Å². The summed E-state index contributed by atoms with van der Waals surface area (Å²) in [5, 5.41) is 6.31. The highest BCUT2D eigenvalue weighted by Crippen LogP contribution is 2.55. The second-order valence-electron chi connectivity index (χ2n) is 12.3. The molecule has 0 unspecified atom stereocenters. The van der Waals surface area contributed by atoms with Crippen LogP contribution in [0.4, 0.5) is 5.69 Å². The molecular weight excluding hydrogens is 518 g/mol. The van der Waals surface area contributed by atoms with Gasteiger partial charge in [-0.2, -0.15) is 0 Å². The molecule has 3 fully saturated rings. The van der Waals surface area contributed by atoms with Crippen molar-refractivity contribution < 1.29 is 23.9 Å². The number of amides is 3. The quantitative estimate of drug-likeness (QED) is 0.497. The van der Waals surface area contributed by atoms with Gasteiger partial charge >= 0.3 is 0 Å². The van der Waals surface area contributed by atoms with E-state index in [2.05, 4.69) is 24.5 Å². The SMILES string of the molecule is COc1cccc(CN2C(=O)[C@@H]3[C@H](C(=O)Nc4cccc(C)c4)[C@@H]4C=C[C@@]3(O4)[C@@H]2C(=O)N[C@@H]2CCC[C@@H](C)[C@H]2C)c1. The molecule has 4 aliphatic rings. The largest absolute Gasteiger partial charge is 0.497 e. The molecule has 3 heterocycles. The summed E-state index contributed by atoms with van der Waals surface area (Å²) in [6, 6.07) is 14.2. The van der Waals surface area contributed by atoms with Crippen molar-refractivity contribution in [1.82, 2.24) is 10.2 Å². The van der Waals surface area contributed by atoms with E-state index in [0.29, 0.717) is 23.3 Å². The summed E-state index contributed by atoms with van der Waals surface area (Å²) >= 11 is 0. The van der Waals surface area contributed by atoms with Gasteiger partial charge in [-0.1, -0.05) is 63.1 Å². The zero-order chi connectivity index (χ0) is 28.9. The van der Waals surface area contributed by atoms with Crippen molar-refractivity contribution in [2.45, 2.75) is 70.4 Å². The topological polar surface area (TPSA) is 97.0 Å². The van der Waals surface area contributed by atoms with E-state index in [9.17, 15) is 14.4 Å². The fourth-order valence-electron chi connectivity index (χ4n) is 7.40. The van der Waals surface area contributed by atoms with Crippen molar-refractivity contribution in [2.24, 2.45) is 23.7 Å². The van der Waals surface area contributed by atoms with Gasteiger partial charge in [0.15, 0.2) is 0 Å². The lowest BCUT2D eigenvalue weighted by Crippen LogP contribution is -2.57. The van der Waals surface area contributed by atoms with E-state index in [1.807, 2.05) is 67.6 Å². The van der Waals surface area contributed by atoms with Crippen LogP contribution in [0.1, 0.15) is 44.2 Å². The average molecular weight is 558 g/mol. The maximum atomic E-state index is 14.3. The maximum Gasteiger partial charge on any atom is 0.246 e. The number of nitrogens with zero attached hydrogens (tertiary/aromatic N) is 1. The third-order valence-electron chi connectivity index (χ3n) is 9.73. The van der Waals surface area contributed by atoms with Crippen LogP contribution in [0.5, 0.6) is 5.75 Å². The molecule has 2 N–H and O–H groups in total. The van der Waals surface area contributed by atoms with E-state index in [4.69, 9.17) is 9.47 Å². The highest BCUT2D eigenvalue weighted by Gasteiger charge is 2.72. The number of methoxy groups -OCH3 is 1. The van der Waals surface area contributed by atoms with Gasteiger partial charge in [-0.3, -0.25) is 14.4 Å². The summed E-state index contributed by atoms with van der Waals surface area (Å²) in [6.45, 7) is 6.58. The van der Waals surface area contributed by atoms with E-state index in [-0.39, 0.29) is 30.3 Å². The number of hydrogen-bond acceptors (Lipinski definition) is 5. The summed E-state index contributed by atoms with van der Waals surface area (Å²) in [4.78, 5) is 43.8. The minimum absolute atomic E-state index is 0.0264. The van der Waals surface area contributed by atoms with Crippen LogP contribution in [0.3, 0.4) is 0 Å². The first-order chi connectivity index (χ1) is 19.7. The standard InChI is InChI=1S/C33H39N3O5/c1-19-8-5-11-23(16-19)34-30(37)27-26-14-15-33(41-26)28(27)32(39)36(18-22-10-7-12-24(17-22)40-4)29(33)31(38)35-25-13-6-9-20(2)21(25)3/h5,7-8,10-12,14-17,20-21,25-29H,6,9,13,18H2,1-4H3,(H,34,37)(H,35,38)/t20-,21-,25-,26+,27-,28+,29+,33+/m1/s1. The summed E-state index contributed by atoms with van der Waals surface area (Å²) < 4.78 is 11.9. The monoisotopic (exact) mass is 557 g/mol. The third-order valence-corrected chi connectivity index (χ3v) is 9.73. The third kappa shape index (κ3) is 4.72. The normalized spacial score (nSPS) is 33.5. The van der Waals surface area contributed by atoms with Crippen LogP contribution in [0.25, 0.3) is 0 Å². The molecule has 0 radical (unpaired) electrons. The number of carbonyl (C=O) groups is 3. The molecule has 2 saturated heterocycles. The van der Waals surface area contributed by atoms with Crippen LogP contribution in [0, 0.1) is 30.6 Å². The summed E-state index contributed by atoms with van der Waals surface area (Å²) in [5.74, 6) is -0.777.